The highest BCUT2D eigenvalue weighted by Crippen LogP contribution is 2.27. The molecule has 100 valence electrons. The van der Waals surface area contributed by atoms with E-state index in [2.05, 4.69) is 10.4 Å². The second-order valence-corrected chi connectivity index (χ2v) is 4.57. The van der Waals surface area contributed by atoms with Crippen molar-refractivity contribution in [2.24, 2.45) is 11.8 Å². The fraction of sp³-hybridized carbons (Fsp3) is 0.615. The van der Waals surface area contributed by atoms with Gasteiger partial charge in [-0.1, -0.05) is 0 Å². The van der Waals surface area contributed by atoms with Crippen LogP contribution in [0.2, 0.25) is 0 Å². The SMILES string of the molecule is CCOc1cncc(C(CC2CCOC2)NN)c1. The fourth-order valence-corrected chi connectivity index (χ4v) is 2.27. The van der Waals surface area contributed by atoms with Gasteiger partial charge < -0.3 is 9.47 Å². The molecule has 1 aliphatic heterocycles. The molecule has 0 radical (unpaired) electrons. The lowest BCUT2D eigenvalue weighted by Gasteiger charge is -2.19. The summed E-state index contributed by atoms with van der Waals surface area (Å²) in [5.74, 6) is 7.01. The van der Waals surface area contributed by atoms with Crippen LogP contribution in [0.3, 0.4) is 0 Å². The van der Waals surface area contributed by atoms with Crippen LogP contribution in [0.5, 0.6) is 5.75 Å². The Morgan fingerprint density at radius 1 is 1.61 bits per heavy atom. The van der Waals surface area contributed by atoms with Crippen LogP contribution >= 0.6 is 0 Å². The number of hydrogen-bond acceptors (Lipinski definition) is 5. The van der Waals surface area contributed by atoms with E-state index in [4.69, 9.17) is 15.3 Å². The van der Waals surface area contributed by atoms with Crippen molar-refractivity contribution in [1.82, 2.24) is 10.4 Å². The molecule has 18 heavy (non-hydrogen) atoms. The second-order valence-electron chi connectivity index (χ2n) is 4.57. The Hall–Kier alpha value is -1.17. The fourth-order valence-electron chi connectivity index (χ4n) is 2.27. The Balaban J connectivity index is 2.03. The van der Waals surface area contributed by atoms with E-state index in [-0.39, 0.29) is 6.04 Å². The number of hydrazine groups is 1. The molecule has 5 heteroatoms. The van der Waals surface area contributed by atoms with Crippen molar-refractivity contribution in [3.8, 4) is 5.75 Å². The summed E-state index contributed by atoms with van der Waals surface area (Å²) in [5.41, 5.74) is 3.93. The molecule has 0 saturated carbocycles. The van der Waals surface area contributed by atoms with Crippen LogP contribution in [0.15, 0.2) is 18.5 Å². The molecule has 0 bridgehead atoms. The van der Waals surface area contributed by atoms with Crippen LogP contribution in [0.1, 0.15) is 31.4 Å². The first-order valence-corrected chi connectivity index (χ1v) is 6.45. The zero-order chi connectivity index (χ0) is 12.8. The van der Waals surface area contributed by atoms with Gasteiger partial charge in [0.25, 0.3) is 0 Å². The Bertz CT molecular complexity index is 367. The van der Waals surface area contributed by atoms with E-state index in [0.29, 0.717) is 12.5 Å². The minimum atomic E-state index is 0.101. The molecule has 1 aliphatic rings. The monoisotopic (exact) mass is 251 g/mol. The molecule has 3 N–H and O–H groups in total. The van der Waals surface area contributed by atoms with Gasteiger partial charge in [0.2, 0.25) is 0 Å². The third-order valence-corrected chi connectivity index (χ3v) is 3.24. The predicted octanol–water partition coefficient (Wildman–Crippen LogP) is 1.41. The molecule has 2 atom stereocenters. The molecule has 0 aromatic carbocycles. The van der Waals surface area contributed by atoms with Gasteiger partial charge in [-0.3, -0.25) is 16.3 Å². The predicted molar refractivity (Wildman–Crippen MR) is 69.0 cm³/mol. The van der Waals surface area contributed by atoms with Crippen molar-refractivity contribution in [2.75, 3.05) is 19.8 Å². The molecule has 1 fully saturated rings. The third kappa shape index (κ3) is 3.41. The number of nitrogens with one attached hydrogen (secondary N) is 1. The first-order chi connectivity index (χ1) is 8.83. The van der Waals surface area contributed by atoms with Gasteiger partial charge in [0.15, 0.2) is 0 Å². The summed E-state index contributed by atoms with van der Waals surface area (Å²) in [6.45, 7) is 4.29. The maximum atomic E-state index is 5.65. The Morgan fingerprint density at radius 3 is 3.17 bits per heavy atom. The second kappa shape index (κ2) is 6.68. The standard InChI is InChI=1S/C13H21N3O2/c1-2-18-12-6-11(7-15-8-12)13(16-14)5-10-3-4-17-9-10/h6-8,10,13,16H,2-5,9,14H2,1H3. The quantitative estimate of drug-likeness (QED) is 0.591. The Morgan fingerprint density at radius 2 is 2.50 bits per heavy atom. The average molecular weight is 251 g/mol. The highest BCUT2D eigenvalue weighted by atomic mass is 16.5. The molecule has 2 heterocycles. The van der Waals surface area contributed by atoms with Crippen LogP contribution < -0.4 is 16.0 Å². The number of nitrogens with zero attached hydrogens (tertiary/aromatic N) is 1. The van der Waals surface area contributed by atoms with Crippen molar-refractivity contribution < 1.29 is 9.47 Å². The number of ether oxygens (including phenoxy) is 2. The van der Waals surface area contributed by atoms with Crippen molar-refractivity contribution in [3.63, 3.8) is 0 Å². The molecule has 0 aliphatic carbocycles. The normalized spacial score (nSPS) is 20.9. The van der Waals surface area contributed by atoms with Gasteiger partial charge in [-0.15, -0.1) is 0 Å². The first-order valence-electron chi connectivity index (χ1n) is 6.45. The molecule has 2 unspecified atom stereocenters. The minimum Gasteiger partial charge on any atom is -0.492 e. The van der Waals surface area contributed by atoms with E-state index in [1.807, 2.05) is 19.2 Å². The summed E-state index contributed by atoms with van der Waals surface area (Å²) in [6, 6.07) is 2.10. The number of pyridine rings is 1. The summed E-state index contributed by atoms with van der Waals surface area (Å²) >= 11 is 0. The van der Waals surface area contributed by atoms with E-state index in [0.717, 1.165) is 37.4 Å². The van der Waals surface area contributed by atoms with Crippen LogP contribution in [0.4, 0.5) is 0 Å². The zero-order valence-electron chi connectivity index (χ0n) is 10.8. The average Bonchev–Trinajstić information content (AvgIpc) is 2.89. The summed E-state index contributed by atoms with van der Waals surface area (Å²) < 4.78 is 10.8. The molecule has 0 spiro atoms. The highest BCUT2D eigenvalue weighted by molar-refractivity contribution is 5.26. The number of rotatable bonds is 6. The van der Waals surface area contributed by atoms with Crippen LogP contribution in [-0.4, -0.2) is 24.8 Å². The van der Waals surface area contributed by atoms with Crippen molar-refractivity contribution in [1.29, 1.82) is 0 Å². The van der Waals surface area contributed by atoms with Gasteiger partial charge in [-0.25, -0.2) is 0 Å². The maximum Gasteiger partial charge on any atom is 0.137 e. The van der Waals surface area contributed by atoms with E-state index in [1.54, 1.807) is 6.20 Å². The van der Waals surface area contributed by atoms with Gasteiger partial charge in [0.05, 0.1) is 12.8 Å². The van der Waals surface area contributed by atoms with Gasteiger partial charge in [-0.2, -0.15) is 0 Å². The number of aromatic nitrogens is 1. The molecular formula is C13H21N3O2. The number of nitrogens with two attached hydrogens (primary N) is 1. The summed E-state index contributed by atoms with van der Waals surface area (Å²) in [5, 5.41) is 0. The molecule has 2 rings (SSSR count). The topological polar surface area (TPSA) is 69.4 Å². The smallest absolute Gasteiger partial charge is 0.137 e. The minimum absolute atomic E-state index is 0.101. The van der Waals surface area contributed by atoms with Gasteiger partial charge in [-0.05, 0) is 37.3 Å². The van der Waals surface area contributed by atoms with Gasteiger partial charge in [0.1, 0.15) is 5.75 Å². The summed E-state index contributed by atoms with van der Waals surface area (Å²) in [6.07, 6.45) is 5.63. The summed E-state index contributed by atoms with van der Waals surface area (Å²) in [7, 11) is 0. The van der Waals surface area contributed by atoms with E-state index in [1.165, 1.54) is 0 Å². The molecular weight excluding hydrogens is 230 g/mol. The largest absolute Gasteiger partial charge is 0.492 e. The zero-order valence-corrected chi connectivity index (χ0v) is 10.8. The van der Waals surface area contributed by atoms with Crippen molar-refractivity contribution in [3.05, 3.63) is 24.0 Å². The van der Waals surface area contributed by atoms with Crippen LogP contribution in [0.25, 0.3) is 0 Å². The molecule has 1 aromatic rings. The summed E-state index contributed by atoms with van der Waals surface area (Å²) in [4.78, 5) is 4.19. The lowest BCUT2D eigenvalue weighted by atomic mass is 9.95. The Labute approximate surface area is 108 Å². The van der Waals surface area contributed by atoms with Crippen LogP contribution in [-0.2, 0) is 4.74 Å². The maximum absolute atomic E-state index is 5.65. The third-order valence-electron chi connectivity index (χ3n) is 3.24. The first kappa shape index (κ1) is 13.3. The van der Waals surface area contributed by atoms with Crippen LogP contribution in [0, 0.1) is 5.92 Å². The molecule has 1 saturated heterocycles. The number of hydrogen-bond donors (Lipinski definition) is 2. The lowest BCUT2D eigenvalue weighted by Crippen LogP contribution is -2.30. The molecule has 1 aromatic heterocycles. The highest BCUT2D eigenvalue weighted by Gasteiger charge is 2.21. The molecule has 5 nitrogen and oxygen atoms in total. The van der Waals surface area contributed by atoms with E-state index >= 15 is 0 Å². The van der Waals surface area contributed by atoms with Crippen molar-refractivity contribution >= 4 is 0 Å². The van der Waals surface area contributed by atoms with Crippen molar-refractivity contribution in [2.45, 2.75) is 25.8 Å². The lowest BCUT2D eigenvalue weighted by molar-refractivity contribution is 0.181. The van der Waals surface area contributed by atoms with Gasteiger partial charge >= 0.3 is 0 Å². The molecule has 0 amide bonds. The van der Waals surface area contributed by atoms with E-state index in [9.17, 15) is 0 Å². The Kier molecular flexibility index (Phi) is 4.92. The van der Waals surface area contributed by atoms with E-state index < -0.39 is 0 Å². The van der Waals surface area contributed by atoms with Gasteiger partial charge in [0, 0.05) is 25.5 Å².